The lowest BCUT2D eigenvalue weighted by Gasteiger charge is -2.22. The standard InChI is InChI=1S/C13H18N2O/c14-8-13(4-5-13)12(15)10-1-2-11-9(7-10)3-6-16-11/h1-2,7,12H,3-6,8,14-15H2. The quantitative estimate of drug-likeness (QED) is 0.805. The Morgan fingerprint density at radius 3 is 2.88 bits per heavy atom. The first-order valence-corrected chi connectivity index (χ1v) is 5.96. The van der Waals surface area contributed by atoms with Gasteiger partial charge in [-0.25, -0.2) is 0 Å². The lowest BCUT2D eigenvalue weighted by Crippen LogP contribution is -2.29. The molecule has 0 aromatic heterocycles. The zero-order valence-electron chi connectivity index (χ0n) is 9.41. The average molecular weight is 218 g/mol. The first-order chi connectivity index (χ1) is 7.75. The van der Waals surface area contributed by atoms with E-state index in [1.165, 1.54) is 11.1 Å². The molecule has 86 valence electrons. The summed E-state index contributed by atoms with van der Waals surface area (Å²) < 4.78 is 5.50. The Labute approximate surface area is 95.8 Å². The zero-order valence-corrected chi connectivity index (χ0v) is 9.41. The van der Waals surface area contributed by atoms with Crippen molar-refractivity contribution in [1.82, 2.24) is 0 Å². The van der Waals surface area contributed by atoms with Crippen molar-refractivity contribution in [3.05, 3.63) is 29.3 Å². The van der Waals surface area contributed by atoms with Crippen LogP contribution in [0, 0.1) is 5.41 Å². The van der Waals surface area contributed by atoms with E-state index in [-0.39, 0.29) is 11.5 Å². The molecule has 1 unspecified atom stereocenters. The van der Waals surface area contributed by atoms with Gasteiger partial charge in [0, 0.05) is 17.9 Å². The van der Waals surface area contributed by atoms with E-state index in [0.717, 1.165) is 31.6 Å². The SMILES string of the molecule is NCC1(C(N)c2ccc3c(c2)CCO3)CC1. The van der Waals surface area contributed by atoms with E-state index in [1.54, 1.807) is 0 Å². The number of hydrogen-bond donors (Lipinski definition) is 2. The fourth-order valence-corrected chi connectivity index (χ4v) is 2.56. The molecule has 0 amide bonds. The minimum Gasteiger partial charge on any atom is -0.493 e. The van der Waals surface area contributed by atoms with E-state index < -0.39 is 0 Å². The van der Waals surface area contributed by atoms with Gasteiger partial charge in [-0.2, -0.15) is 0 Å². The molecular weight excluding hydrogens is 200 g/mol. The van der Waals surface area contributed by atoms with Crippen molar-refractivity contribution in [2.24, 2.45) is 16.9 Å². The first kappa shape index (κ1) is 10.1. The van der Waals surface area contributed by atoms with Crippen molar-refractivity contribution >= 4 is 0 Å². The topological polar surface area (TPSA) is 61.3 Å². The molecule has 16 heavy (non-hydrogen) atoms. The summed E-state index contributed by atoms with van der Waals surface area (Å²) in [5.74, 6) is 1.02. The highest BCUT2D eigenvalue weighted by molar-refractivity contribution is 5.41. The first-order valence-electron chi connectivity index (χ1n) is 5.96. The summed E-state index contributed by atoms with van der Waals surface area (Å²) in [6.07, 6.45) is 3.34. The van der Waals surface area contributed by atoms with E-state index in [2.05, 4.69) is 12.1 Å². The van der Waals surface area contributed by atoms with Gasteiger partial charge >= 0.3 is 0 Å². The van der Waals surface area contributed by atoms with Gasteiger partial charge in [-0.05, 0) is 36.6 Å². The monoisotopic (exact) mass is 218 g/mol. The van der Waals surface area contributed by atoms with Crippen LogP contribution in [-0.2, 0) is 6.42 Å². The van der Waals surface area contributed by atoms with Crippen LogP contribution in [0.4, 0.5) is 0 Å². The van der Waals surface area contributed by atoms with Crippen LogP contribution in [0.5, 0.6) is 5.75 Å². The zero-order chi connectivity index (χ0) is 11.2. The highest BCUT2D eigenvalue weighted by Gasteiger charge is 2.47. The second kappa shape index (κ2) is 3.47. The van der Waals surface area contributed by atoms with Crippen LogP contribution in [0.1, 0.15) is 30.0 Å². The largest absolute Gasteiger partial charge is 0.493 e. The van der Waals surface area contributed by atoms with Gasteiger partial charge in [0.15, 0.2) is 0 Å². The molecule has 2 aliphatic rings. The molecule has 3 rings (SSSR count). The Hall–Kier alpha value is -1.06. The maximum atomic E-state index is 6.32. The van der Waals surface area contributed by atoms with Gasteiger partial charge in [-0.1, -0.05) is 12.1 Å². The number of ether oxygens (including phenoxy) is 1. The summed E-state index contributed by atoms with van der Waals surface area (Å²) in [7, 11) is 0. The number of nitrogens with two attached hydrogens (primary N) is 2. The smallest absolute Gasteiger partial charge is 0.122 e. The number of rotatable bonds is 3. The normalized spacial score (nSPS) is 22.4. The number of fused-ring (bicyclic) bond motifs is 1. The summed E-state index contributed by atoms with van der Waals surface area (Å²) in [5, 5.41) is 0. The summed E-state index contributed by atoms with van der Waals surface area (Å²) in [6.45, 7) is 1.50. The van der Waals surface area contributed by atoms with Crippen molar-refractivity contribution in [2.45, 2.75) is 25.3 Å². The fourth-order valence-electron chi connectivity index (χ4n) is 2.56. The highest BCUT2D eigenvalue weighted by atomic mass is 16.5. The summed E-state index contributed by atoms with van der Waals surface area (Å²) in [6, 6.07) is 6.42. The molecular formula is C13H18N2O. The second-order valence-electron chi connectivity index (χ2n) is 5.01. The predicted octanol–water partition coefficient (Wildman–Crippen LogP) is 1.36. The van der Waals surface area contributed by atoms with Gasteiger partial charge in [0.05, 0.1) is 6.61 Å². The lowest BCUT2D eigenvalue weighted by atomic mass is 9.90. The summed E-state index contributed by atoms with van der Waals surface area (Å²) in [5.41, 5.74) is 14.8. The maximum absolute atomic E-state index is 6.32. The van der Waals surface area contributed by atoms with Gasteiger partial charge in [-0.3, -0.25) is 0 Å². The molecule has 0 radical (unpaired) electrons. The van der Waals surface area contributed by atoms with Crippen LogP contribution in [0.15, 0.2) is 18.2 Å². The van der Waals surface area contributed by atoms with E-state index in [1.807, 2.05) is 6.07 Å². The van der Waals surface area contributed by atoms with Gasteiger partial charge in [0.1, 0.15) is 5.75 Å². The molecule has 1 heterocycles. The predicted molar refractivity (Wildman–Crippen MR) is 63.3 cm³/mol. The molecule has 0 spiro atoms. The van der Waals surface area contributed by atoms with E-state index >= 15 is 0 Å². The Kier molecular flexibility index (Phi) is 2.19. The van der Waals surface area contributed by atoms with Gasteiger partial charge < -0.3 is 16.2 Å². The molecule has 1 saturated carbocycles. The molecule has 1 aromatic rings. The lowest BCUT2D eigenvalue weighted by molar-refractivity contribution is 0.356. The van der Waals surface area contributed by atoms with Crippen LogP contribution in [0.25, 0.3) is 0 Å². The summed E-state index contributed by atoms with van der Waals surface area (Å²) >= 11 is 0. The molecule has 1 aliphatic heterocycles. The number of hydrogen-bond acceptors (Lipinski definition) is 3. The molecule has 0 bridgehead atoms. The maximum Gasteiger partial charge on any atom is 0.122 e. The van der Waals surface area contributed by atoms with Crippen LogP contribution in [0.2, 0.25) is 0 Å². The Balaban J connectivity index is 1.89. The second-order valence-corrected chi connectivity index (χ2v) is 5.01. The van der Waals surface area contributed by atoms with Crippen molar-refractivity contribution in [3.8, 4) is 5.75 Å². The van der Waals surface area contributed by atoms with E-state index in [4.69, 9.17) is 16.2 Å². The van der Waals surface area contributed by atoms with E-state index in [9.17, 15) is 0 Å². The molecule has 4 N–H and O–H groups in total. The van der Waals surface area contributed by atoms with Crippen LogP contribution >= 0.6 is 0 Å². The molecule has 1 fully saturated rings. The molecule has 1 aromatic carbocycles. The Morgan fingerprint density at radius 2 is 2.19 bits per heavy atom. The summed E-state index contributed by atoms with van der Waals surface area (Å²) in [4.78, 5) is 0. The van der Waals surface area contributed by atoms with Gasteiger partial charge in [-0.15, -0.1) is 0 Å². The molecule has 1 atom stereocenters. The molecule has 3 nitrogen and oxygen atoms in total. The van der Waals surface area contributed by atoms with E-state index in [0.29, 0.717) is 6.54 Å². The fraction of sp³-hybridized carbons (Fsp3) is 0.538. The highest BCUT2D eigenvalue weighted by Crippen LogP contribution is 2.53. The Morgan fingerprint density at radius 1 is 1.38 bits per heavy atom. The van der Waals surface area contributed by atoms with Crippen LogP contribution in [0.3, 0.4) is 0 Å². The third-order valence-electron chi connectivity index (χ3n) is 4.03. The van der Waals surface area contributed by atoms with Crippen molar-refractivity contribution in [1.29, 1.82) is 0 Å². The van der Waals surface area contributed by atoms with Crippen molar-refractivity contribution in [2.75, 3.05) is 13.2 Å². The molecule has 0 saturated heterocycles. The minimum atomic E-state index is 0.0865. The molecule has 1 aliphatic carbocycles. The third-order valence-corrected chi connectivity index (χ3v) is 4.03. The molecule has 3 heteroatoms. The average Bonchev–Trinajstić information content (AvgIpc) is 2.98. The minimum absolute atomic E-state index is 0.0865. The van der Waals surface area contributed by atoms with Gasteiger partial charge in [0.25, 0.3) is 0 Å². The van der Waals surface area contributed by atoms with Crippen LogP contribution in [-0.4, -0.2) is 13.2 Å². The third kappa shape index (κ3) is 1.43. The Bertz CT molecular complexity index is 412. The number of benzene rings is 1. The van der Waals surface area contributed by atoms with Gasteiger partial charge in [0.2, 0.25) is 0 Å². The van der Waals surface area contributed by atoms with Crippen molar-refractivity contribution in [3.63, 3.8) is 0 Å². The van der Waals surface area contributed by atoms with Crippen molar-refractivity contribution < 1.29 is 4.74 Å². The van der Waals surface area contributed by atoms with Crippen LogP contribution < -0.4 is 16.2 Å².